The van der Waals surface area contributed by atoms with Crippen LogP contribution in [0.15, 0.2) is 48.5 Å². The molecule has 17 heavy (non-hydrogen) atoms. The van der Waals surface area contributed by atoms with Crippen LogP contribution in [0.25, 0.3) is 0 Å². The van der Waals surface area contributed by atoms with Crippen molar-refractivity contribution >= 4 is 11.5 Å². The highest BCUT2D eigenvalue weighted by Crippen LogP contribution is 2.20. The van der Waals surface area contributed by atoms with Crippen molar-refractivity contribution in [2.75, 3.05) is 19.0 Å². The van der Waals surface area contributed by atoms with Crippen molar-refractivity contribution in [3.05, 3.63) is 54.2 Å². The Morgan fingerprint density at radius 1 is 1.06 bits per heavy atom. The SMILES string of the molecule is CNCc1cccc(N(C)c2ccccc2)n1. The lowest BCUT2D eigenvalue weighted by molar-refractivity contribution is 0.790. The van der Waals surface area contributed by atoms with Gasteiger partial charge in [-0.1, -0.05) is 24.3 Å². The first-order valence-electron chi connectivity index (χ1n) is 5.70. The average Bonchev–Trinajstić information content (AvgIpc) is 2.40. The van der Waals surface area contributed by atoms with Crippen molar-refractivity contribution in [1.82, 2.24) is 10.3 Å². The zero-order valence-corrected chi connectivity index (χ0v) is 10.2. The van der Waals surface area contributed by atoms with Crippen LogP contribution in [0.1, 0.15) is 5.69 Å². The summed E-state index contributed by atoms with van der Waals surface area (Å²) in [6, 6.07) is 16.3. The number of aromatic nitrogens is 1. The highest BCUT2D eigenvalue weighted by Gasteiger charge is 2.04. The largest absolute Gasteiger partial charge is 0.329 e. The number of benzene rings is 1. The molecule has 0 aliphatic rings. The molecule has 0 unspecified atom stereocenters. The summed E-state index contributed by atoms with van der Waals surface area (Å²) in [4.78, 5) is 6.68. The summed E-state index contributed by atoms with van der Waals surface area (Å²) in [6.45, 7) is 0.788. The van der Waals surface area contributed by atoms with Gasteiger partial charge in [-0.3, -0.25) is 0 Å². The topological polar surface area (TPSA) is 28.2 Å². The third kappa shape index (κ3) is 2.82. The van der Waals surface area contributed by atoms with Gasteiger partial charge in [-0.15, -0.1) is 0 Å². The standard InChI is InChI=1S/C14H17N3/c1-15-11-12-7-6-10-14(16-12)17(2)13-8-4-3-5-9-13/h3-10,15H,11H2,1-2H3. The van der Waals surface area contributed by atoms with Crippen LogP contribution in [0.3, 0.4) is 0 Å². The zero-order chi connectivity index (χ0) is 12.1. The number of anilines is 2. The normalized spacial score (nSPS) is 10.2. The average molecular weight is 227 g/mol. The molecule has 0 spiro atoms. The predicted molar refractivity (Wildman–Crippen MR) is 71.5 cm³/mol. The fraction of sp³-hybridized carbons (Fsp3) is 0.214. The van der Waals surface area contributed by atoms with E-state index < -0.39 is 0 Å². The van der Waals surface area contributed by atoms with Crippen molar-refractivity contribution in [3.63, 3.8) is 0 Å². The van der Waals surface area contributed by atoms with Crippen LogP contribution < -0.4 is 10.2 Å². The molecule has 2 aromatic rings. The first kappa shape index (κ1) is 11.6. The molecule has 3 nitrogen and oxygen atoms in total. The van der Waals surface area contributed by atoms with Gasteiger partial charge in [-0.2, -0.15) is 0 Å². The van der Waals surface area contributed by atoms with Crippen molar-refractivity contribution in [1.29, 1.82) is 0 Å². The fourth-order valence-corrected chi connectivity index (χ4v) is 1.72. The fourth-order valence-electron chi connectivity index (χ4n) is 1.72. The first-order chi connectivity index (χ1) is 8.31. The molecule has 0 fully saturated rings. The van der Waals surface area contributed by atoms with E-state index in [1.54, 1.807) is 0 Å². The molecule has 0 amide bonds. The summed E-state index contributed by atoms with van der Waals surface area (Å²) >= 11 is 0. The summed E-state index contributed by atoms with van der Waals surface area (Å²) in [7, 11) is 3.95. The predicted octanol–water partition coefficient (Wildman–Crippen LogP) is 2.57. The van der Waals surface area contributed by atoms with E-state index in [9.17, 15) is 0 Å². The van der Waals surface area contributed by atoms with E-state index in [0.717, 1.165) is 23.7 Å². The molecule has 0 aliphatic carbocycles. The maximum atomic E-state index is 4.60. The Kier molecular flexibility index (Phi) is 3.73. The van der Waals surface area contributed by atoms with Gasteiger partial charge in [0.05, 0.1) is 5.69 Å². The van der Waals surface area contributed by atoms with Gasteiger partial charge in [-0.25, -0.2) is 4.98 Å². The van der Waals surface area contributed by atoms with E-state index in [0.29, 0.717) is 0 Å². The third-order valence-corrected chi connectivity index (χ3v) is 2.64. The van der Waals surface area contributed by atoms with Crippen molar-refractivity contribution in [2.45, 2.75) is 6.54 Å². The molecule has 1 aromatic heterocycles. The lowest BCUT2D eigenvalue weighted by atomic mass is 10.3. The van der Waals surface area contributed by atoms with E-state index in [1.165, 1.54) is 0 Å². The molecule has 0 bridgehead atoms. The second kappa shape index (κ2) is 5.46. The molecule has 88 valence electrons. The van der Waals surface area contributed by atoms with E-state index in [-0.39, 0.29) is 0 Å². The zero-order valence-electron chi connectivity index (χ0n) is 10.2. The van der Waals surface area contributed by atoms with Crippen LogP contribution >= 0.6 is 0 Å². The van der Waals surface area contributed by atoms with E-state index in [4.69, 9.17) is 0 Å². The Labute approximate surface area is 102 Å². The molecule has 3 heteroatoms. The van der Waals surface area contributed by atoms with Crippen LogP contribution in [0.2, 0.25) is 0 Å². The molecule has 1 aromatic carbocycles. The Balaban J connectivity index is 2.25. The summed E-state index contributed by atoms with van der Waals surface area (Å²) in [5.74, 6) is 0.962. The number of hydrogen-bond donors (Lipinski definition) is 1. The van der Waals surface area contributed by atoms with Gasteiger partial charge < -0.3 is 10.2 Å². The number of pyridine rings is 1. The van der Waals surface area contributed by atoms with E-state index in [2.05, 4.69) is 27.3 Å². The number of nitrogens with one attached hydrogen (secondary N) is 1. The Bertz CT molecular complexity index is 468. The minimum absolute atomic E-state index is 0.788. The highest BCUT2D eigenvalue weighted by molar-refractivity contribution is 5.58. The van der Waals surface area contributed by atoms with Gasteiger partial charge in [0.2, 0.25) is 0 Å². The second-order valence-corrected chi connectivity index (χ2v) is 3.91. The summed E-state index contributed by atoms with van der Waals surface area (Å²) in [6.07, 6.45) is 0. The third-order valence-electron chi connectivity index (χ3n) is 2.64. The van der Waals surface area contributed by atoms with Gasteiger partial charge >= 0.3 is 0 Å². The number of nitrogens with zero attached hydrogens (tertiary/aromatic N) is 2. The molecule has 2 rings (SSSR count). The molecule has 0 radical (unpaired) electrons. The quantitative estimate of drug-likeness (QED) is 0.870. The van der Waals surface area contributed by atoms with Gasteiger partial charge in [0.1, 0.15) is 5.82 Å². The Morgan fingerprint density at radius 2 is 1.82 bits per heavy atom. The van der Waals surface area contributed by atoms with Crippen LogP contribution in [0, 0.1) is 0 Å². The van der Waals surface area contributed by atoms with Gasteiger partial charge in [-0.05, 0) is 31.3 Å². The molecular formula is C14H17N3. The molecule has 1 heterocycles. The molecule has 0 atom stereocenters. The second-order valence-electron chi connectivity index (χ2n) is 3.91. The highest BCUT2D eigenvalue weighted by atomic mass is 15.2. The number of para-hydroxylation sites is 1. The summed E-state index contributed by atoms with van der Waals surface area (Å²) in [5, 5.41) is 3.11. The van der Waals surface area contributed by atoms with Crippen LogP contribution in [0.5, 0.6) is 0 Å². The first-order valence-corrected chi connectivity index (χ1v) is 5.70. The maximum Gasteiger partial charge on any atom is 0.133 e. The summed E-state index contributed by atoms with van der Waals surface area (Å²) < 4.78 is 0. The van der Waals surface area contributed by atoms with Crippen LogP contribution in [-0.4, -0.2) is 19.1 Å². The number of rotatable bonds is 4. The Morgan fingerprint density at radius 3 is 2.53 bits per heavy atom. The lowest BCUT2D eigenvalue weighted by Gasteiger charge is -2.18. The lowest BCUT2D eigenvalue weighted by Crippen LogP contribution is -2.13. The van der Waals surface area contributed by atoms with Gasteiger partial charge in [0.15, 0.2) is 0 Å². The van der Waals surface area contributed by atoms with Gasteiger partial charge in [0, 0.05) is 19.3 Å². The molecule has 0 aliphatic heterocycles. The summed E-state index contributed by atoms with van der Waals surface area (Å²) in [5.41, 5.74) is 2.19. The van der Waals surface area contributed by atoms with Crippen molar-refractivity contribution < 1.29 is 0 Å². The molecular weight excluding hydrogens is 210 g/mol. The van der Waals surface area contributed by atoms with E-state index >= 15 is 0 Å². The van der Waals surface area contributed by atoms with Gasteiger partial charge in [0.25, 0.3) is 0 Å². The van der Waals surface area contributed by atoms with Crippen LogP contribution in [0.4, 0.5) is 11.5 Å². The monoisotopic (exact) mass is 227 g/mol. The number of hydrogen-bond acceptors (Lipinski definition) is 3. The van der Waals surface area contributed by atoms with E-state index in [1.807, 2.05) is 50.5 Å². The minimum atomic E-state index is 0.788. The smallest absolute Gasteiger partial charge is 0.133 e. The van der Waals surface area contributed by atoms with Crippen molar-refractivity contribution in [2.24, 2.45) is 0 Å². The molecule has 1 N–H and O–H groups in total. The van der Waals surface area contributed by atoms with Crippen LogP contribution in [-0.2, 0) is 6.54 Å². The molecule has 0 saturated carbocycles. The molecule has 0 saturated heterocycles. The minimum Gasteiger partial charge on any atom is -0.329 e. The maximum absolute atomic E-state index is 4.60. The van der Waals surface area contributed by atoms with Crippen molar-refractivity contribution in [3.8, 4) is 0 Å². The Hall–Kier alpha value is -1.87.